The lowest BCUT2D eigenvalue weighted by Crippen LogP contribution is -2.32. The second-order valence-corrected chi connectivity index (χ2v) is 7.54. The SMILES string of the molecule is CCc1cc(C(=O)N[C@H](C)CC)c2c(C3CC3)nn(-c3ccc(F)cc3)c2n1. The average molecular weight is 380 g/mol. The lowest BCUT2D eigenvalue weighted by Gasteiger charge is -2.13. The van der Waals surface area contributed by atoms with Crippen LogP contribution in [0.1, 0.15) is 67.7 Å². The quantitative estimate of drug-likeness (QED) is 0.684. The molecule has 1 N–H and O–H groups in total. The van der Waals surface area contributed by atoms with Gasteiger partial charge in [0, 0.05) is 17.7 Å². The number of nitrogens with one attached hydrogen (secondary N) is 1. The minimum Gasteiger partial charge on any atom is -0.350 e. The van der Waals surface area contributed by atoms with Crippen molar-refractivity contribution < 1.29 is 9.18 Å². The molecule has 0 saturated heterocycles. The summed E-state index contributed by atoms with van der Waals surface area (Å²) in [5, 5.41) is 8.72. The summed E-state index contributed by atoms with van der Waals surface area (Å²) in [6, 6.07) is 8.20. The van der Waals surface area contributed by atoms with E-state index < -0.39 is 0 Å². The van der Waals surface area contributed by atoms with Crippen molar-refractivity contribution in [3.63, 3.8) is 0 Å². The van der Waals surface area contributed by atoms with E-state index >= 15 is 0 Å². The van der Waals surface area contributed by atoms with Crippen molar-refractivity contribution in [3.05, 3.63) is 53.1 Å². The molecule has 28 heavy (non-hydrogen) atoms. The first kappa shape index (κ1) is 18.6. The molecule has 1 aliphatic rings. The van der Waals surface area contributed by atoms with Crippen LogP contribution in [0.3, 0.4) is 0 Å². The van der Waals surface area contributed by atoms with Gasteiger partial charge >= 0.3 is 0 Å². The van der Waals surface area contributed by atoms with Crippen LogP contribution in [0.4, 0.5) is 4.39 Å². The number of aromatic nitrogens is 3. The molecule has 2 heterocycles. The Hall–Kier alpha value is -2.76. The van der Waals surface area contributed by atoms with Crippen LogP contribution < -0.4 is 5.32 Å². The van der Waals surface area contributed by atoms with E-state index in [4.69, 9.17) is 10.1 Å². The zero-order valence-corrected chi connectivity index (χ0v) is 16.5. The van der Waals surface area contributed by atoms with Gasteiger partial charge in [-0.15, -0.1) is 0 Å². The third kappa shape index (κ3) is 3.39. The summed E-state index contributed by atoms with van der Waals surface area (Å²) in [6.07, 6.45) is 3.72. The van der Waals surface area contributed by atoms with Crippen LogP contribution >= 0.6 is 0 Å². The second kappa shape index (κ2) is 7.34. The van der Waals surface area contributed by atoms with Gasteiger partial charge in [-0.2, -0.15) is 5.10 Å². The van der Waals surface area contributed by atoms with Crippen LogP contribution in [-0.4, -0.2) is 26.7 Å². The van der Waals surface area contributed by atoms with Gasteiger partial charge in [0.15, 0.2) is 5.65 Å². The lowest BCUT2D eigenvalue weighted by molar-refractivity contribution is 0.0940. The number of amides is 1. The Labute approximate surface area is 164 Å². The maximum Gasteiger partial charge on any atom is 0.252 e. The van der Waals surface area contributed by atoms with Gasteiger partial charge in [-0.05, 0) is 62.9 Å². The monoisotopic (exact) mass is 380 g/mol. The highest BCUT2D eigenvalue weighted by molar-refractivity contribution is 6.07. The Bertz CT molecular complexity index is 1020. The van der Waals surface area contributed by atoms with E-state index in [0.717, 1.165) is 41.7 Å². The molecular formula is C22H25FN4O. The van der Waals surface area contributed by atoms with Crippen LogP contribution in [-0.2, 0) is 6.42 Å². The number of hydrogen-bond acceptors (Lipinski definition) is 3. The summed E-state index contributed by atoms with van der Waals surface area (Å²) in [5.41, 5.74) is 3.81. The van der Waals surface area contributed by atoms with Gasteiger partial charge in [0.1, 0.15) is 5.82 Å². The standard InChI is InChI=1S/C22H25FN4O/c1-4-13(3)24-22(28)18-12-16(5-2)25-21-19(18)20(14-6-7-14)26-27(21)17-10-8-15(23)9-11-17/h8-14H,4-7H2,1-3H3,(H,24,28)/t13-/m1/s1. The Morgan fingerprint density at radius 3 is 2.61 bits per heavy atom. The zero-order valence-electron chi connectivity index (χ0n) is 16.5. The van der Waals surface area contributed by atoms with Crippen molar-refractivity contribution in [1.82, 2.24) is 20.1 Å². The fourth-order valence-electron chi connectivity index (χ4n) is 3.36. The minimum absolute atomic E-state index is 0.0861. The van der Waals surface area contributed by atoms with Crippen LogP contribution in [0, 0.1) is 5.82 Å². The molecule has 146 valence electrons. The van der Waals surface area contributed by atoms with E-state index in [1.807, 2.05) is 26.8 Å². The minimum atomic E-state index is -0.293. The van der Waals surface area contributed by atoms with Crippen molar-refractivity contribution in [1.29, 1.82) is 0 Å². The number of carbonyl (C=O) groups is 1. The van der Waals surface area contributed by atoms with Crippen molar-refractivity contribution in [2.75, 3.05) is 0 Å². The molecule has 1 fully saturated rings. The van der Waals surface area contributed by atoms with Gasteiger partial charge in [-0.1, -0.05) is 13.8 Å². The molecule has 1 aliphatic carbocycles. The van der Waals surface area contributed by atoms with Crippen LogP contribution in [0.5, 0.6) is 0 Å². The molecule has 0 unspecified atom stereocenters. The first-order valence-electron chi connectivity index (χ1n) is 10.0. The number of hydrogen-bond donors (Lipinski definition) is 1. The molecular weight excluding hydrogens is 355 g/mol. The molecule has 1 amide bonds. The molecule has 0 radical (unpaired) electrons. The smallest absolute Gasteiger partial charge is 0.252 e. The van der Waals surface area contributed by atoms with Crippen molar-refractivity contribution >= 4 is 16.9 Å². The highest BCUT2D eigenvalue weighted by atomic mass is 19.1. The zero-order chi connectivity index (χ0) is 19.8. The van der Waals surface area contributed by atoms with Gasteiger partial charge in [0.2, 0.25) is 0 Å². The molecule has 2 aromatic heterocycles. The Morgan fingerprint density at radius 1 is 1.29 bits per heavy atom. The van der Waals surface area contributed by atoms with E-state index in [0.29, 0.717) is 23.5 Å². The molecule has 3 aromatic rings. The molecule has 1 saturated carbocycles. The number of halogens is 1. The first-order valence-corrected chi connectivity index (χ1v) is 10.0. The number of fused-ring (bicyclic) bond motifs is 1. The number of nitrogens with zero attached hydrogens (tertiary/aromatic N) is 3. The average Bonchev–Trinajstić information content (AvgIpc) is 3.48. The third-order valence-corrected chi connectivity index (χ3v) is 5.35. The molecule has 0 bridgehead atoms. The third-order valence-electron chi connectivity index (χ3n) is 5.35. The predicted octanol–water partition coefficient (Wildman–Crippen LogP) is 4.53. The summed E-state index contributed by atoms with van der Waals surface area (Å²) in [7, 11) is 0. The fraction of sp³-hybridized carbons (Fsp3) is 0.409. The second-order valence-electron chi connectivity index (χ2n) is 7.54. The van der Waals surface area contributed by atoms with E-state index in [2.05, 4.69) is 5.32 Å². The van der Waals surface area contributed by atoms with E-state index in [9.17, 15) is 9.18 Å². The number of rotatable bonds is 6. The van der Waals surface area contributed by atoms with Crippen molar-refractivity contribution in [2.24, 2.45) is 0 Å². The summed E-state index contributed by atoms with van der Waals surface area (Å²) in [6.45, 7) is 6.07. The normalized spacial score (nSPS) is 15.0. The Kier molecular flexibility index (Phi) is 4.87. The maximum atomic E-state index is 13.4. The van der Waals surface area contributed by atoms with Crippen LogP contribution in [0.25, 0.3) is 16.7 Å². The highest BCUT2D eigenvalue weighted by Crippen LogP contribution is 2.43. The molecule has 0 aliphatic heterocycles. The largest absolute Gasteiger partial charge is 0.350 e. The van der Waals surface area contributed by atoms with Gasteiger partial charge in [0.05, 0.1) is 22.3 Å². The van der Waals surface area contributed by atoms with Crippen LogP contribution in [0.2, 0.25) is 0 Å². The number of aryl methyl sites for hydroxylation is 1. The molecule has 1 aromatic carbocycles. The van der Waals surface area contributed by atoms with Crippen LogP contribution in [0.15, 0.2) is 30.3 Å². The molecule has 5 nitrogen and oxygen atoms in total. The Balaban J connectivity index is 1.94. The van der Waals surface area contributed by atoms with Gasteiger partial charge in [-0.3, -0.25) is 4.79 Å². The summed E-state index contributed by atoms with van der Waals surface area (Å²) in [4.78, 5) is 17.8. The van der Waals surface area contributed by atoms with Crippen molar-refractivity contribution in [3.8, 4) is 5.69 Å². The van der Waals surface area contributed by atoms with Crippen molar-refractivity contribution in [2.45, 2.75) is 58.4 Å². The first-order chi connectivity index (χ1) is 13.5. The lowest BCUT2D eigenvalue weighted by atomic mass is 10.0. The highest BCUT2D eigenvalue weighted by Gasteiger charge is 2.32. The Morgan fingerprint density at radius 2 is 2.00 bits per heavy atom. The van der Waals surface area contributed by atoms with Gasteiger partial charge < -0.3 is 5.32 Å². The molecule has 6 heteroatoms. The number of pyridine rings is 1. The van der Waals surface area contributed by atoms with E-state index in [1.165, 1.54) is 12.1 Å². The van der Waals surface area contributed by atoms with E-state index in [1.54, 1.807) is 16.8 Å². The molecule has 0 spiro atoms. The van der Waals surface area contributed by atoms with Gasteiger partial charge in [-0.25, -0.2) is 14.1 Å². The van der Waals surface area contributed by atoms with E-state index in [-0.39, 0.29) is 17.8 Å². The number of carbonyl (C=O) groups excluding carboxylic acids is 1. The summed E-state index contributed by atoms with van der Waals surface area (Å²) in [5.74, 6) is -0.0240. The molecule has 4 rings (SSSR count). The summed E-state index contributed by atoms with van der Waals surface area (Å²) < 4.78 is 15.2. The maximum absolute atomic E-state index is 13.4. The summed E-state index contributed by atoms with van der Waals surface area (Å²) >= 11 is 0. The fourth-order valence-corrected chi connectivity index (χ4v) is 3.36. The van der Waals surface area contributed by atoms with Gasteiger partial charge in [0.25, 0.3) is 5.91 Å². The topological polar surface area (TPSA) is 59.8 Å². The number of benzene rings is 1. The molecule has 1 atom stereocenters. The predicted molar refractivity (Wildman–Crippen MR) is 107 cm³/mol.